The number of nitrogens with two attached hydrogens (primary N) is 1. The molecule has 4 N–H and O–H groups in total. The van der Waals surface area contributed by atoms with Crippen molar-refractivity contribution in [1.82, 2.24) is 9.97 Å². The molecule has 15 heavy (non-hydrogen) atoms. The number of hydrogen-bond donors (Lipinski definition) is 3. The van der Waals surface area contributed by atoms with Crippen molar-refractivity contribution < 1.29 is 5.11 Å². The predicted octanol–water partition coefficient (Wildman–Crippen LogP) is 0.733. The zero-order chi connectivity index (χ0) is 10.8. The van der Waals surface area contributed by atoms with Gasteiger partial charge in [-0.05, 0) is 31.0 Å². The summed E-state index contributed by atoms with van der Waals surface area (Å²) in [7, 11) is 0. The van der Waals surface area contributed by atoms with Crippen LogP contribution in [0.1, 0.15) is 11.4 Å². The molecule has 0 aliphatic rings. The van der Waals surface area contributed by atoms with Crippen LogP contribution in [0.4, 0.5) is 0 Å². The second-order valence-corrected chi connectivity index (χ2v) is 3.82. The Labute approximate surface area is 88.1 Å². The van der Waals surface area contributed by atoms with Crippen molar-refractivity contribution in [2.75, 3.05) is 6.61 Å². The molecule has 0 aliphatic carbocycles. The average molecular weight is 205 g/mol. The lowest BCUT2D eigenvalue weighted by Gasteiger charge is -2.07. The second kappa shape index (κ2) is 4.00. The summed E-state index contributed by atoms with van der Waals surface area (Å²) in [5.74, 6) is 0.911. The van der Waals surface area contributed by atoms with Crippen LogP contribution in [0.15, 0.2) is 18.2 Å². The molecule has 0 aliphatic heterocycles. The van der Waals surface area contributed by atoms with E-state index in [0.717, 1.165) is 22.4 Å². The Morgan fingerprint density at radius 2 is 2.33 bits per heavy atom. The van der Waals surface area contributed by atoms with Crippen LogP contribution >= 0.6 is 0 Å². The number of aromatic amines is 1. The molecule has 4 nitrogen and oxygen atoms in total. The largest absolute Gasteiger partial charge is 0.395 e. The standard InChI is InChI=1S/C11H15N3O/c1-7-13-10-3-2-8(4-9(12)6-15)5-11(10)14-7/h2-3,5,9,15H,4,6,12H2,1H3,(H,13,14). The number of fused-ring (bicyclic) bond motifs is 1. The molecule has 1 aromatic heterocycles. The zero-order valence-electron chi connectivity index (χ0n) is 8.70. The number of H-pyrrole nitrogens is 1. The van der Waals surface area contributed by atoms with Crippen LogP contribution in [0, 0.1) is 6.92 Å². The van der Waals surface area contributed by atoms with E-state index in [4.69, 9.17) is 10.8 Å². The summed E-state index contributed by atoms with van der Waals surface area (Å²) in [5, 5.41) is 8.87. The molecule has 0 amide bonds. The molecule has 1 heterocycles. The Kier molecular flexibility index (Phi) is 2.70. The summed E-state index contributed by atoms with van der Waals surface area (Å²) < 4.78 is 0. The number of nitrogens with zero attached hydrogens (tertiary/aromatic N) is 1. The molecule has 2 rings (SSSR count). The number of aryl methyl sites for hydroxylation is 1. The van der Waals surface area contributed by atoms with E-state index in [-0.39, 0.29) is 12.6 Å². The monoisotopic (exact) mass is 205 g/mol. The lowest BCUT2D eigenvalue weighted by Crippen LogP contribution is -2.26. The van der Waals surface area contributed by atoms with Crippen molar-refractivity contribution in [3.05, 3.63) is 29.6 Å². The van der Waals surface area contributed by atoms with Crippen molar-refractivity contribution in [3.63, 3.8) is 0 Å². The maximum atomic E-state index is 8.87. The minimum Gasteiger partial charge on any atom is -0.395 e. The fourth-order valence-corrected chi connectivity index (χ4v) is 1.68. The fourth-order valence-electron chi connectivity index (χ4n) is 1.68. The Morgan fingerprint density at radius 3 is 3.07 bits per heavy atom. The predicted molar refractivity (Wildman–Crippen MR) is 59.6 cm³/mol. The summed E-state index contributed by atoms with van der Waals surface area (Å²) in [4.78, 5) is 7.49. The number of rotatable bonds is 3. The Balaban J connectivity index is 2.30. The third kappa shape index (κ3) is 2.16. The van der Waals surface area contributed by atoms with Gasteiger partial charge in [0.25, 0.3) is 0 Å². The van der Waals surface area contributed by atoms with Crippen LogP contribution in [0.25, 0.3) is 11.0 Å². The Bertz CT molecular complexity index is 464. The molecule has 4 heteroatoms. The fraction of sp³-hybridized carbons (Fsp3) is 0.364. The van der Waals surface area contributed by atoms with E-state index in [0.29, 0.717) is 6.42 Å². The van der Waals surface area contributed by atoms with E-state index >= 15 is 0 Å². The van der Waals surface area contributed by atoms with Crippen molar-refractivity contribution in [2.24, 2.45) is 5.73 Å². The normalized spacial score (nSPS) is 13.3. The van der Waals surface area contributed by atoms with E-state index in [1.807, 2.05) is 25.1 Å². The highest BCUT2D eigenvalue weighted by atomic mass is 16.3. The number of aliphatic hydroxyl groups is 1. The minimum atomic E-state index is -0.188. The van der Waals surface area contributed by atoms with Gasteiger partial charge in [-0.3, -0.25) is 0 Å². The average Bonchev–Trinajstić information content (AvgIpc) is 2.57. The van der Waals surface area contributed by atoms with Crippen molar-refractivity contribution in [3.8, 4) is 0 Å². The number of nitrogens with one attached hydrogen (secondary N) is 1. The Hall–Kier alpha value is -1.39. The Morgan fingerprint density at radius 1 is 1.53 bits per heavy atom. The quantitative estimate of drug-likeness (QED) is 0.691. The highest BCUT2D eigenvalue weighted by molar-refractivity contribution is 5.75. The molecule has 0 spiro atoms. The molecule has 0 fully saturated rings. The number of benzene rings is 1. The van der Waals surface area contributed by atoms with Crippen LogP contribution in [-0.2, 0) is 6.42 Å². The molecule has 0 saturated carbocycles. The van der Waals surface area contributed by atoms with E-state index in [9.17, 15) is 0 Å². The number of imidazole rings is 1. The molecular formula is C11H15N3O. The molecule has 0 saturated heterocycles. The van der Waals surface area contributed by atoms with Crippen LogP contribution in [0.3, 0.4) is 0 Å². The van der Waals surface area contributed by atoms with Gasteiger partial charge < -0.3 is 15.8 Å². The first-order valence-electron chi connectivity index (χ1n) is 5.00. The van der Waals surface area contributed by atoms with Gasteiger partial charge in [0.1, 0.15) is 5.82 Å². The van der Waals surface area contributed by atoms with Crippen LogP contribution in [0.5, 0.6) is 0 Å². The van der Waals surface area contributed by atoms with Gasteiger partial charge in [-0.15, -0.1) is 0 Å². The molecule has 0 radical (unpaired) electrons. The third-order valence-electron chi connectivity index (χ3n) is 2.40. The first-order chi connectivity index (χ1) is 7.19. The topological polar surface area (TPSA) is 74.9 Å². The van der Waals surface area contributed by atoms with Gasteiger partial charge in [0, 0.05) is 6.04 Å². The summed E-state index contributed by atoms with van der Waals surface area (Å²) in [5.41, 5.74) is 8.79. The summed E-state index contributed by atoms with van der Waals surface area (Å²) >= 11 is 0. The lowest BCUT2D eigenvalue weighted by atomic mass is 10.1. The van der Waals surface area contributed by atoms with Crippen molar-refractivity contribution in [1.29, 1.82) is 0 Å². The van der Waals surface area contributed by atoms with Gasteiger partial charge in [0.15, 0.2) is 0 Å². The summed E-state index contributed by atoms with van der Waals surface area (Å²) in [6, 6.07) is 5.81. The smallest absolute Gasteiger partial charge is 0.104 e. The highest BCUT2D eigenvalue weighted by Gasteiger charge is 2.04. The molecule has 1 aromatic carbocycles. The van der Waals surface area contributed by atoms with E-state index in [1.165, 1.54) is 0 Å². The van der Waals surface area contributed by atoms with Gasteiger partial charge in [-0.1, -0.05) is 6.07 Å². The van der Waals surface area contributed by atoms with E-state index < -0.39 is 0 Å². The van der Waals surface area contributed by atoms with Crippen LogP contribution in [-0.4, -0.2) is 27.7 Å². The highest BCUT2D eigenvalue weighted by Crippen LogP contribution is 2.14. The zero-order valence-corrected chi connectivity index (χ0v) is 8.70. The first-order valence-corrected chi connectivity index (χ1v) is 5.00. The SMILES string of the molecule is Cc1nc2ccc(CC(N)CO)cc2[nH]1. The van der Waals surface area contributed by atoms with Gasteiger partial charge in [0.05, 0.1) is 17.6 Å². The molecule has 0 bridgehead atoms. The van der Waals surface area contributed by atoms with Crippen molar-refractivity contribution >= 4 is 11.0 Å². The molecule has 1 unspecified atom stereocenters. The first kappa shape index (κ1) is 10.1. The maximum absolute atomic E-state index is 8.87. The molecule has 80 valence electrons. The molecule has 1 atom stereocenters. The molecular weight excluding hydrogens is 190 g/mol. The summed E-state index contributed by atoms with van der Waals surface area (Å²) in [6.45, 7) is 1.94. The number of hydrogen-bond acceptors (Lipinski definition) is 3. The van der Waals surface area contributed by atoms with Crippen molar-refractivity contribution in [2.45, 2.75) is 19.4 Å². The van der Waals surface area contributed by atoms with E-state index in [2.05, 4.69) is 9.97 Å². The van der Waals surface area contributed by atoms with E-state index in [1.54, 1.807) is 0 Å². The molecule has 2 aromatic rings. The minimum absolute atomic E-state index is 0.0139. The van der Waals surface area contributed by atoms with Gasteiger partial charge in [0.2, 0.25) is 0 Å². The number of aromatic nitrogens is 2. The van der Waals surface area contributed by atoms with Gasteiger partial charge >= 0.3 is 0 Å². The maximum Gasteiger partial charge on any atom is 0.104 e. The van der Waals surface area contributed by atoms with Gasteiger partial charge in [-0.25, -0.2) is 4.98 Å². The van der Waals surface area contributed by atoms with Crippen LogP contribution < -0.4 is 5.73 Å². The van der Waals surface area contributed by atoms with Crippen LogP contribution in [0.2, 0.25) is 0 Å². The van der Waals surface area contributed by atoms with Gasteiger partial charge in [-0.2, -0.15) is 0 Å². The lowest BCUT2D eigenvalue weighted by molar-refractivity contribution is 0.265. The second-order valence-electron chi connectivity index (χ2n) is 3.82. The number of aliphatic hydroxyl groups excluding tert-OH is 1. The third-order valence-corrected chi connectivity index (χ3v) is 2.40. The summed E-state index contributed by atoms with van der Waals surface area (Å²) in [6.07, 6.45) is 0.685.